The maximum Gasteiger partial charge on any atom is 0.245 e. The zero-order valence-corrected chi connectivity index (χ0v) is 11.3. The van der Waals surface area contributed by atoms with Gasteiger partial charge >= 0.3 is 0 Å². The number of aromatic nitrogens is 3. The number of oxazole rings is 1. The molecule has 2 aliphatic rings. The molecule has 2 aromatic heterocycles. The fourth-order valence-electron chi connectivity index (χ4n) is 2.45. The number of rotatable bonds is 3. The summed E-state index contributed by atoms with van der Waals surface area (Å²) in [6, 6.07) is 0. The zero-order chi connectivity index (χ0) is 14.1. The Kier molecular flexibility index (Phi) is 3.36. The van der Waals surface area contributed by atoms with E-state index in [0.717, 1.165) is 18.7 Å². The molecule has 0 amide bonds. The first-order valence-corrected chi connectivity index (χ1v) is 6.88. The molecule has 110 valence electrons. The van der Waals surface area contributed by atoms with Gasteiger partial charge in [-0.25, -0.2) is 15.0 Å². The van der Waals surface area contributed by atoms with E-state index in [1.54, 1.807) is 12.4 Å². The van der Waals surface area contributed by atoms with Crippen LogP contribution in [0.15, 0.2) is 23.1 Å². The number of nitrogens with one attached hydrogen (secondary N) is 2. The smallest absolute Gasteiger partial charge is 0.245 e. The number of hydrogen-bond acceptors (Lipinski definition) is 8. The minimum Gasteiger partial charge on any atom is -0.443 e. The Balaban J connectivity index is 1.75. The van der Waals surface area contributed by atoms with Gasteiger partial charge in [-0.15, -0.1) is 0 Å². The average molecular weight is 289 g/mol. The van der Waals surface area contributed by atoms with Gasteiger partial charge in [-0.05, 0) is 0 Å². The molecule has 2 unspecified atom stereocenters. The summed E-state index contributed by atoms with van der Waals surface area (Å²) < 4.78 is 16.6. The third-order valence-corrected chi connectivity index (χ3v) is 3.42. The van der Waals surface area contributed by atoms with Gasteiger partial charge in [0, 0.05) is 24.8 Å². The molecular formula is C13H15N5O3. The molecule has 4 heterocycles. The molecule has 21 heavy (non-hydrogen) atoms. The summed E-state index contributed by atoms with van der Waals surface area (Å²) in [5, 5.41) is 6.43. The van der Waals surface area contributed by atoms with Gasteiger partial charge in [0.05, 0.1) is 19.4 Å². The first-order valence-electron chi connectivity index (χ1n) is 6.88. The van der Waals surface area contributed by atoms with Crippen LogP contribution in [0.25, 0.3) is 11.6 Å². The highest BCUT2D eigenvalue weighted by Crippen LogP contribution is 2.28. The molecule has 0 aromatic carbocycles. The minimum atomic E-state index is -0.287. The van der Waals surface area contributed by atoms with Crippen molar-refractivity contribution in [1.29, 1.82) is 0 Å². The second-order valence-corrected chi connectivity index (χ2v) is 4.78. The molecule has 2 N–H and O–H groups in total. The van der Waals surface area contributed by atoms with Crippen LogP contribution in [-0.4, -0.2) is 41.3 Å². The highest BCUT2D eigenvalue weighted by Gasteiger charge is 2.27. The quantitative estimate of drug-likeness (QED) is 0.837. The van der Waals surface area contributed by atoms with Crippen LogP contribution in [0.5, 0.6) is 0 Å². The van der Waals surface area contributed by atoms with E-state index in [2.05, 4.69) is 25.6 Å². The summed E-state index contributed by atoms with van der Waals surface area (Å²) in [6.45, 7) is 2.89. The van der Waals surface area contributed by atoms with Crippen LogP contribution in [0.2, 0.25) is 0 Å². The molecule has 4 rings (SSSR count). The van der Waals surface area contributed by atoms with E-state index in [1.807, 2.05) is 0 Å². The Morgan fingerprint density at radius 2 is 1.86 bits per heavy atom. The predicted octanol–water partition coefficient (Wildman–Crippen LogP) is 0.368. The number of ether oxygens (including phenoxy) is 2. The fourth-order valence-corrected chi connectivity index (χ4v) is 2.45. The van der Waals surface area contributed by atoms with Gasteiger partial charge in [-0.1, -0.05) is 0 Å². The van der Waals surface area contributed by atoms with Crippen LogP contribution in [0.3, 0.4) is 0 Å². The second kappa shape index (κ2) is 5.49. The summed E-state index contributed by atoms with van der Waals surface area (Å²) >= 11 is 0. The number of hydrogen-bond donors (Lipinski definition) is 2. The first kappa shape index (κ1) is 12.8. The van der Waals surface area contributed by atoms with Crippen LogP contribution >= 0.6 is 0 Å². The van der Waals surface area contributed by atoms with Gasteiger partial charge in [0.1, 0.15) is 18.2 Å². The van der Waals surface area contributed by atoms with Gasteiger partial charge in [-0.2, -0.15) is 0 Å². The Bertz CT molecular complexity index is 606. The van der Waals surface area contributed by atoms with Crippen LogP contribution in [0.1, 0.15) is 23.8 Å². The molecule has 2 saturated heterocycles. The first-order chi connectivity index (χ1) is 10.4. The standard InChI is InChI=1S/C13H15N5O3/c1-4-19-11(14-1)8-7-17-10(13-16-3-6-21-13)18-9(8)12-15-2-5-20-12/h2,5,7,11,13-14,16H,1,3-4,6H2. The lowest BCUT2D eigenvalue weighted by molar-refractivity contribution is 0.0925. The summed E-state index contributed by atoms with van der Waals surface area (Å²) in [6.07, 6.45) is 4.33. The Labute approximate surface area is 120 Å². The van der Waals surface area contributed by atoms with Crippen molar-refractivity contribution in [3.05, 3.63) is 30.0 Å². The van der Waals surface area contributed by atoms with E-state index >= 15 is 0 Å². The van der Waals surface area contributed by atoms with Crippen molar-refractivity contribution in [3.63, 3.8) is 0 Å². The lowest BCUT2D eigenvalue weighted by atomic mass is 10.2. The Morgan fingerprint density at radius 3 is 2.52 bits per heavy atom. The van der Waals surface area contributed by atoms with Crippen molar-refractivity contribution in [2.24, 2.45) is 0 Å². The molecule has 2 aliphatic heterocycles. The van der Waals surface area contributed by atoms with Crippen LogP contribution in [-0.2, 0) is 9.47 Å². The molecule has 2 fully saturated rings. The second-order valence-electron chi connectivity index (χ2n) is 4.78. The molecular weight excluding hydrogens is 274 g/mol. The van der Waals surface area contributed by atoms with Crippen LogP contribution in [0.4, 0.5) is 0 Å². The van der Waals surface area contributed by atoms with Crippen LogP contribution in [0, 0.1) is 0 Å². The Hall–Kier alpha value is -1.87. The van der Waals surface area contributed by atoms with E-state index in [0.29, 0.717) is 30.6 Å². The predicted molar refractivity (Wildman–Crippen MR) is 70.9 cm³/mol. The maximum atomic E-state index is 5.64. The summed E-state index contributed by atoms with van der Waals surface area (Å²) in [5.74, 6) is 1.02. The highest BCUT2D eigenvalue weighted by molar-refractivity contribution is 5.53. The number of nitrogens with zero attached hydrogens (tertiary/aromatic N) is 3. The molecule has 0 radical (unpaired) electrons. The third-order valence-electron chi connectivity index (χ3n) is 3.42. The average Bonchev–Trinajstić information content (AvgIpc) is 3.28. The van der Waals surface area contributed by atoms with Gasteiger partial charge in [0.15, 0.2) is 12.1 Å². The summed E-state index contributed by atoms with van der Waals surface area (Å²) in [5.41, 5.74) is 1.44. The van der Waals surface area contributed by atoms with Crippen molar-refractivity contribution in [3.8, 4) is 11.6 Å². The van der Waals surface area contributed by atoms with Crippen molar-refractivity contribution >= 4 is 0 Å². The van der Waals surface area contributed by atoms with Gasteiger partial charge in [0.2, 0.25) is 5.89 Å². The maximum absolute atomic E-state index is 5.64. The summed E-state index contributed by atoms with van der Waals surface area (Å²) in [7, 11) is 0. The molecule has 0 bridgehead atoms. The van der Waals surface area contributed by atoms with E-state index in [-0.39, 0.29) is 12.5 Å². The SMILES string of the molecule is c1coc(-c2nc(C3NCCO3)ncc2C2NCCO2)n1. The van der Waals surface area contributed by atoms with Crippen molar-refractivity contribution < 1.29 is 13.9 Å². The zero-order valence-electron chi connectivity index (χ0n) is 11.3. The van der Waals surface area contributed by atoms with Gasteiger partial charge < -0.3 is 13.9 Å². The summed E-state index contributed by atoms with van der Waals surface area (Å²) in [4.78, 5) is 13.1. The minimum absolute atomic E-state index is 0.238. The fraction of sp³-hybridized carbons (Fsp3) is 0.462. The van der Waals surface area contributed by atoms with Crippen molar-refractivity contribution in [2.45, 2.75) is 12.5 Å². The normalized spacial score (nSPS) is 25.5. The lowest BCUT2D eigenvalue weighted by Gasteiger charge is -2.15. The van der Waals surface area contributed by atoms with Crippen LogP contribution < -0.4 is 10.6 Å². The Morgan fingerprint density at radius 1 is 1.05 bits per heavy atom. The van der Waals surface area contributed by atoms with E-state index in [1.165, 1.54) is 6.26 Å². The molecule has 2 atom stereocenters. The molecule has 8 nitrogen and oxygen atoms in total. The third kappa shape index (κ3) is 2.42. The topological polar surface area (TPSA) is 94.3 Å². The van der Waals surface area contributed by atoms with Gasteiger partial charge in [0.25, 0.3) is 0 Å². The molecule has 8 heteroatoms. The van der Waals surface area contributed by atoms with E-state index in [4.69, 9.17) is 13.9 Å². The molecule has 0 saturated carbocycles. The highest BCUT2D eigenvalue weighted by atomic mass is 16.5. The van der Waals surface area contributed by atoms with Gasteiger partial charge in [-0.3, -0.25) is 10.6 Å². The molecule has 2 aromatic rings. The van der Waals surface area contributed by atoms with Crippen molar-refractivity contribution in [2.75, 3.05) is 26.3 Å². The van der Waals surface area contributed by atoms with E-state index < -0.39 is 0 Å². The largest absolute Gasteiger partial charge is 0.443 e. The molecule has 0 spiro atoms. The van der Waals surface area contributed by atoms with Crippen molar-refractivity contribution in [1.82, 2.24) is 25.6 Å². The monoisotopic (exact) mass is 289 g/mol. The van der Waals surface area contributed by atoms with E-state index in [9.17, 15) is 0 Å². The lowest BCUT2D eigenvalue weighted by Crippen LogP contribution is -2.20. The molecule has 0 aliphatic carbocycles.